The molecule has 0 N–H and O–H groups in total. The lowest BCUT2D eigenvalue weighted by Crippen LogP contribution is -2.33. The predicted molar refractivity (Wildman–Crippen MR) is 129 cm³/mol. The lowest BCUT2D eigenvalue weighted by atomic mass is 10.0. The van der Waals surface area contributed by atoms with Crippen molar-refractivity contribution in [3.8, 4) is 0 Å². The summed E-state index contributed by atoms with van der Waals surface area (Å²) in [7, 11) is 0. The molecule has 7 heteroatoms. The molecule has 2 aromatic rings. The maximum atomic E-state index is 6.65. The van der Waals surface area contributed by atoms with Crippen LogP contribution in [0.4, 0.5) is 0 Å². The van der Waals surface area contributed by atoms with Crippen molar-refractivity contribution in [2.24, 2.45) is 0 Å². The Morgan fingerprint density at radius 2 is 1.07 bits per heavy atom. The van der Waals surface area contributed by atoms with E-state index in [-0.39, 0.29) is 24.4 Å². The van der Waals surface area contributed by atoms with Crippen LogP contribution in [0, 0.1) is 13.8 Å². The fourth-order valence-corrected chi connectivity index (χ4v) is 7.03. The van der Waals surface area contributed by atoms with Crippen molar-refractivity contribution in [2.45, 2.75) is 51.1 Å². The summed E-state index contributed by atoms with van der Waals surface area (Å²) in [6.45, 7) is 5.69. The van der Waals surface area contributed by atoms with Crippen LogP contribution in [0.2, 0.25) is 0 Å². The lowest BCUT2D eigenvalue weighted by Gasteiger charge is -2.25. The number of aryl methyl sites for hydroxylation is 2. The lowest BCUT2D eigenvalue weighted by molar-refractivity contribution is -0.0371. The van der Waals surface area contributed by atoms with Crippen LogP contribution in [0.15, 0.2) is 42.2 Å². The van der Waals surface area contributed by atoms with Crippen molar-refractivity contribution in [1.29, 1.82) is 0 Å². The number of benzene rings is 2. The van der Waals surface area contributed by atoms with Crippen LogP contribution in [0.3, 0.4) is 0 Å². The highest BCUT2D eigenvalue weighted by Gasteiger charge is 2.41. The molecule has 4 atom stereocenters. The fraction of sp³-hybridized carbons (Fsp3) is 0.455. The second-order valence-electron chi connectivity index (χ2n) is 7.78. The first-order chi connectivity index (χ1) is 13.8. The van der Waals surface area contributed by atoms with E-state index in [0.29, 0.717) is 0 Å². The molecule has 0 aromatic heterocycles. The molecular formula is C22H22Br4O3. The molecule has 2 heterocycles. The van der Waals surface area contributed by atoms with Gasteiger partial charge in [0.05, 0.1) is 25.4 Å². The van der Waals surface area contributed by atoms with Gasteiger partial charge in [0, 0.05) is 30.7 Å². The van der Waals surface area contributed by atoms with E-state index in [0.717, 1.165) is 43.9 Å². The third kappa shape index (κ3) is 5.73. The van der Waals surface area contributed by atoms with Crippen LogP contribution in [-0.2, 0) is 27.1 Å². The molecule has 2 saturated heterocycles. The minimum atomic E-state index is -0.0116. The highest BCUT2D eigenvalue weighted by atomic mass is 79.9. The minimum Gasteiger partial charge on any atom is -0.370 e. The molecule has 0 spiro atoms. The molecule has 2 fully saturated rings. The third-order valence-corrected chi connectivity index (χ3v) is 8.11. The van der Waals surface area contributed by atoms with Gasteiger partial charge in [-0.2, -0.15) is 0 Å². The van der Waals surface area contributed by atoms with Crippen molar-refractivity contribution < 1.29 is 14.2 Å². The quantitative estimate of drug-likeness (QED) is 0.298. The smallest absolute Gasteiger partial charge is 0.107 e. The molecular weight excluding hydrogens is 632 g/mol. The molecule has 3 nitrogen and oxygen atoms in total. The second-order valence-corrected chi connectivity index (χ2v) is 11.2. The summed E-state index contributed by atoms with van der Waals surface area (Å²) in [4.78, 5) is 0. The first kappa shape index (κ1) is 22.4. The Morgan fingerprint density at radius 1 is 0.759 bits per heavy atom. The summed E-state index contributed by atoms with van der Waals surface area (Å²) in [5, 5.41) is 0. The highest BCUT2D eigenvalue weighted by Crippen LogP contribution is 2.35. The molecule has 0 aliphatic carbocycles. The first-order valence-electron chi connectivity index (χ1n) is 9.59. The van der Waals surface area contributed by atoms with E-state index in [1.807, 2.05) is 0 Å². The Balaban J connectivity index is 1.54. The standard InChI is InChI=1S/C22H22Br4O3/c1-11-3-15(23)13(16(24)4-11)7-19(21-9-27-21)29-20(22-10-28-22)8-14-17(25)5-12(2)6-18(14)26/h3-6,19-22H,7-10H2,1-2H3. The molecule has 4 unspecified atom stereocenters. The number of epoxide rings is 2. The Morgan fingerprint density at radius 3 is 1.34 bits per heavy atom. The summed E-state index contributed by atoms with van der Waals surface area (Å²) in [6.07, 6.45) is 1.82. The highest BCUT2D eigenvalue weighted by molar-refractivity contribution is 9.11. The van der Waals surface area contributed by atoms with E-state index >= 15 is 0 Å². The van der Waals surface area contributed by atoms with Gasteiger partial charge < -0.3 is 14.2 Å². The summed E-state index contributed by atoms with van der Waals surface area (Å²) < 4.78 is 22.3. The SMILES string of the molecule is Cc1cc(Br)c(CC(OC(Cc2c(Br)cc(C)cc2Br)C2CO2)C2CO2)c(Br)c1. The zero-order valence-corrected chi connectivity index (χ0v) is 22.5. The van der Waals surface area contributed by atoms with Crippen LogP contribution >= 0.6 is 63.7 Å². The van der Waals surface area contributed by atoms with Crippen molar-refractivity contribution in [2.75, 3.05) is 13.2 Å². The van der Waals surface area contributed by atoms with Gasteiger partial charge >= 0.3 is 0 Å². The zero-order valence-electron chi connectivity index (χ0n) is 16.2. The van der Waals surface area contributed by atoms with Gasteiger partial charge in [0.1, 0.15) is 12.2 Å². The zero-order chi connectivity index (χ0) is 20.7. The van der Waals surface area contributed by atoms with Crippen LogP contribution in [0.5, 0.6) is 0 Å². The molecule has 0 bridgehead atoms. The van der Waals surface area contributed by atoms with Crippen LogP contribution in [-0.4, -0.2) is 37.6 Å². The number of rotatable bonds is 8. The van der Waals surface area contributed by atoms with E-state index in [9.17, 15) is 0 Å². The minimum absolute atomic E-state index is 0.0116. The average Bonchev–Trinajstić information content (AvgIpc) is 3.51. The number of hydrogen-bond acceptors (Lipinski definition) is 3. The van der Waals surface area contributed by atoms with Crippen LogP contribution in [0.25, 0.3) is 0 Å². The number of hydrogen-bond donors (Lipinski definition) is 0. The topological polar surface area (TPSA) is 34.3 Å². The maximum absolute atomic E-state index is 6.65. The monoisotopic (exact) mass is 650 g/mol. The molecule has 2 aliphatic rings. The van der Waals surface area contributed by atoms with E-state index in [1.54, 1.807) is 0 Å². The summed E-state index contributed by atoms with van der Waals surface area (Å²) in [6, 6.07) is 8.58. The van der Waals surface area contributed by atoms with Gasteiger partial charge in [0.2, 0.25) is 0 Å². The predicted octanol–water partition coefficient (Wildman–Crippen LogP) is 6.69. The molecule has 0 amide bonds. The number of ether oxygens (including phenoxy) is 3. The first-order valence-corrected chi connectivity index (χ1v) is 12.8. The Hall–Kier alpha value is 0.240. The molecule has 0 radical (unpaired) electrons. The van der Waals surface area contributed by atoms with Crippen molar-refractivity contribution >= 4 is 63.7 Å². The van der Waals surface area contributed by atoms with Gasteiger partial charge in [-0.15, -0.1) is 0 Å². The van der Waals surface area contributed by atoms with E-state index in [4.69, 9.17) is 14.2 Å². The number of halogens is 4. The second kappa shape index (κ2) is 9.39. The molecule has 29 heavy (non-hydrogen) atoms. The fourth-order valence-electron chi connectivity index (χ4n) is 3.55. The molecule has 0 saturated carbocycles. The van der Waals surface area contributed by atoms with E-state index in [2.05, 4.69) is 102 Å². The Bertz CT molecular complexity index is 789. The van der Waals surface area contributed by atoms with Crippen LogP contribution < -0.4 is 0 Å². The van der Waals surface area contributed by atoms with Crippen LogP contribution in [0.1, 0.15) is 22.3 Å². The largest absolute Gasteiger partial charge is 0.370 e. The third-order valence-electron chi connectivity index (χ3n) is 5.28. The molecule has 2 aliphatic heterocycles. The molecule has 2 aromatic carbocycles. The summed E-state index contributed by atoms with van der Waals surface area (Å²) in [5.41, 5.74) is 4.85. The van der Waals surface area contributed by atoms with E-state index < -0.39 is 0 Å². The Kier molecular flexibility index (Phi) is 7.26. The van der Waals surface area contributed by atoms with Gasteiger partial charge in [-0.05, 0) is 60.4 Å². The molecule has 156 valence electrons. The van der Waals surface area contributed by atoms with Crippen molar-refractivity contribution in [3.05, 3.63) is 64.4 Å². The van der Waals surface area contributed by atoms with Crippen molar-refractivity contribution in [3.63, 3.8) is 0 Å². The van der Waals surface area contributed by atoms with Gasteiger partial charge in [-0.1, -0.05) is 63.7 Å². The maximum Gasteiger partial charge on any atom is 0.107 e. The molecule has 4 rings (SSSR count). The Labute approximate surface area is 205 Å². The van der Waals surface area contributed by atoms with Gasteiger partial charge in [0.15, 0.2) is 0 Å². The van der Waals surface area contributed by atoms with Gasteiger partial charge in [-0.3, -0.25) is 0 Å². The normalized spacial score (nSPS) is 22.4. The van der Waals surface area contributed by atoms with E-state index in [1.165, 1.54) is 22.3 Å². The van der Waals surface area contributed by atoms with Gasteiger partial charge in [0.25, 0.3) is 0 Å². The van der Waals surface area contributed by atoms with Crippen molar-refractivity contribution in [1.82, 2.24) is 0 Å². The summed E-state index contributed by atoms with van der Waals surface area (Å²) in [5.74, 6) is 0. The average molecular weight is 654 g/mol. The summed E-state index contributed by atoms with van der Waals surface area (Å²) >= 11 is 14.9. The van der Waals surface area contributed by atoms with Gasteiger partial charge in [-0.25, -0.2) is 0 Å².